The van der Waals surface area contributed by atoms with Crippen LogP contribution in [0.3, 0.4) is 0 Å². The Balaban J connectivity index is 2.84. The van der Waals surface area contributed by atoms with Crippen LogP contribution in [0.25, 0.3) is 11.5 Å². The third-order valence-electron chi connectivity index (χ3n) is 0.866. The first-order valence-electron chi connectivity index (χ1n) is 2.08. The zero-order valence-electron chi connectivity index (χ0n) is 3.83. The van der Waals surface area contributed by atoms with Gasteiger partial charge in [0.25, 0.3) is 0 Å². The highest BCUT2D eigenvalue weighted by atomic mass is 16.5. The number of aromatic nitrogens is 4. The molecule has 0 aromatic rings. The predicted octanol–water partition coefficient (Wildman–Crippen LogP) is -0.103. The second-order valence-corrected chi connectivity index (χ2v) is 1.36. The standard InChI is InChI=1S/C3H2N4O/c1-2-3(6-8-1)5-7-4-2/h1H,(H,4,5,6). The van der Waals surface area contributed by atoms with Crippen LogP contribution in [0.5, 0.6) is 0 Å². The van der Waals surface area contributed by atoms with E-state index in [1.54, 1.807) is 0 Å². The minimum Gasteiger partial charge on any atom is -0.386 e. The van der Waals surface area contributed by atoms with Crippen LogP contribution < -0.4 is 0 Å². The molecular formula is C3H2N4O. The topological polar surface area (TPSA) is 67.6 Å². The lowest BCUT2D eigenvalue weighted by atomic mass is 10.5. The number of nitrogens with one attached hydrogen (secondary N) is 1. The first-order chi connectivity index (χ1) is 3.97. The number of rotatable bonds is 0. The molecule has 0 radical (unpaired) electrons. The molecule has 2 rings (SSSR count). The molecule has 0 fully saturated rings. The summed E-state index contributed by atoms with van der Waals surface area (Å²) in [6.45, 7) is 0. The fourth-order valence-electron chi connectivity index (χ4n) is 0.507. The van der Waals surface area contributed by atoms with Gasteiger partial charge in [0.1, 0.15) is 0 Å². The summed E-state index contributed by atoms with van der Waals surface area (Å²) in [5.74, 6) is 0.588. The van der Waals surface area contributed by atoms with Gasteiger partial charge < -0.3 is 4.52 Å². The third kappa shape index (κ3) is 0.281. The SMILES string of the molecule is c1o[nH]c2nnnc1-2. The molecule has 0 saturated heterocycles. The van der Waals surface area contributed by atoms with Gasteiger partial charge in [0, 0.05) is 0 Å². The highest BCUT2D eigenvalue weighted by Gasteiger charge is 2.07. The van der Waals surface area contributed by atoms with E-state index in [1.165, 1.54) is 6.26 Å². The highest BCUT2D eigenvalue weighted by Crippen LogP contribution is 2.09. The maximum Gasteiger partial charge on any atom is 0.214 e. The predicted molar refractivity (Wildman–Crippen MR) is 23.1 cm³/mol. The monoisotopic (exact) mass is 110 g/mol. The molecule has 0 saturated carbocycles. The highest BCUT2D eigenvalue weighted by molar-refractivity contribution is 5.44. The Morgan fingerprint density at radius 3 is 3.38 bits per heavy atom. The largest absolute Gasteiger partial charge is 0.386 e. The Kier molecular flexibility index (Phi) is 0.476. The van der Waals surface area contributed by atoms with Gasteiger partial charge in [-0.3, -0.25) is 0 Å². The lowest BCUT2D eigenvalue weighted by molar-refractivity contribution is 0.421. The summed E-state index contributed by atoms with van der Waals surface area (Å²) in [6, 6.07) is 0. The zero-order valence-corrected chi connectivity index (χ0v) is 3.83. The number of fused-ring (bicyclic) bond motifs is 1. The van der Waals surface area contributed by atoms with Crippen LogP contribution in [-0.4, -0.2) is 20.6 Å². The molecule has 8 heavy (non-hydrogen) atoms. The van der Waals surface area contributed by atoms with Gasteiger partial charge in [-0.25, -0.2) is 5.16 Å². The fraction of sp³-hybridized carbons (Fsp3) is 0. The average molecular weight is 110 g/mol. The van der Waals surface area contributed by atoms with E-state index in [-0.39, 0.29) is 0 Å². The normalized spacial score (nSPS) is 10.5. The first kappa shape index (κ1) is 3.59. The minimum atomic E-state index is 0.588. The van der Waals surface area contributed by atoms with Crippen molar-refractivity contribution in [3.05, 3.63) is 6.26 Å². The number of hydrogen-bond donors (Lipinski definition) is 1. The molecule has 0 aromatic carbocycles. The molecule has 0 aromatic heterocycles. The maximum absolute atomic E-state index is 4.61. The summed E-state index contributed by atoms with van der Waals surface area (Å²) in [5, 5.41) is 13.0. The quantitative estimate of drug-likeness (QED) is 0.514. The van der Waals surface area contributed by atoms with Crippen LogP contribution in [0, 0.1) is 0 Å². The van der Waals surface area contributed by atoms with E-state index < -0.39 is 0 Å². The summed E-state index contributed by atoms with van der Waals surface area (Å²) in [4.78, 5) is 0. The van der Waals surface area contributed by atoms with Crippen molar-refractivity contribution in [1.29, 1.82) is 0 Å². The van der Waals surface area contributed by atoms with E-state index in [9.17, 15) is 0 Å². The average Bonchev–Trinajstić information content (AvgIpc) is 2.15. The Hall–Kier alpha value is -1.39. The molecule has 0 atom stereocenters. The summed E-state index contributed by atoms with van der Waals surface area (Å²) in [6.07, 6.45) is 1.45. The van der Waals surface area contributed by atoms with Gasteiger partial charge in [-0.2, -0.15) is 0 Å². The Labute approximate surface area is 44.0 Å². The van der Waals surface area contributed by atoms with E-state index in [0.717, 1.165) is 0 Å². The molecule has 40 valence electrons. The van der Waals surface area contributed by atoms with E-state index >= 15 is 0 Å². The van der Waals surface area contributed by atoms with Gasteiger partial charge in [-0.05, 0) is 5.21 Å². The lowest BCUT2D eigenvalue weighted by Gasteiger charge is -1.67. The molecule has 0 unspecified atom stereocenters. The molecule has 0 spiro atoms. The van der Waals surface area contributed by atoms with Crippen molar-refractivity contribution in [2.45, 2.75) is 0 Å². The Morgan fingerprint density at radius 2 is 2.50 bits per heavy atom. The van der Waals surface area contributed by atoms with E-state index in [4.69, 9.17) is 0 Å². The van der Waals surface area contributed by atoms with Crippen LogP contribution in [0.2, 0.25) is 0 Å². The molecular weight excluding hydrogens is 108 g/mol. The molecule has 0 bridgehead atoms. The van der Waals surface area contributed by atoms with Gasteiger partial charge in [-0.15, -0.1) is 10.2 Å². The van der Waals surface area contributed by atoms with E-state index in [0.29, 0.717) is 11.5 Å². The maximum atomic E-state index is 4.61. The first-order valence-corrected chi connectivity index (χ1v) is 2.08. The molecule has 1 N–H and O–H groups in total. The van der Waals surface area contributed by atoms with Crippen molar-refractivity contribution in [1.82, 2.24) is 20.6 Å². The number of hydrogen-bond acceptors (Lipinski definition) is 4. The van der Waals surface area contributed by atoms with Gasteiger partial charge >= 0.3 is 0 Å². The molecule has 0 amide bonds. The van der Waals surface area contributed by atoms with Gasteiger partial charge in [0.2, 0.25) is 5.82 Å². The Morgan fingerprint density at radius 1 is 1.50 bits per heavy atom. The van der Waals surface area contributed by atoms with Crippen molar-refractivity contribution in [3.63, 3.8) is 0 Å². The van der Waals surface area contributed by atoms with Crippen LogP contribution >= 0.6 is 0 Å². The third-order valence-corrected chi connectivity index (χ3v) is 0.866. The van der Waals surface area contributed by atoms with Gasteiger partial charge in [-0.1, -0.05) is 0 Å². The Bertz CT molecular complexity index is 203. The number of H-pyrrole nitrogens is 1. The summed E-state index contributed by atoms with van der Waals surface area (Å²) in [5.41, 5.74) is 0.657. The molecule has 0 aliphatic carbocycles. The minimum absolute atomic E-state index is 0.588. The molecule has 2 heterocycles. The van der Waals surface area contributed by atoms with Gasteiger partial charge in [0.05, 0.1) is 0 Å². The van der Waals surface area contributed by atoms with Crippen molar-refractivity contribution in [3.8, 4) is 11.5 Å². The van der Waals surface area contributed by atoms with Crippen molar-refractivity contribution < 1.29 is 4.52 Å². The van der Waals surface area contributed by atoms with Crippen LogP contribution in [0.1, 0.15) is 0 Å². The van der Waals surface area contributed by atoms with Crippen LogP contribution in [0.15, 0.2) is 10.8 Å². The second-order valence-electron chi connectivity index (χ2n) is 1.36. The van der Waals surface area contributed by atoms with Gasteiger partial charge in [0.15, 0.2) is 12.0 Å². The summed E-state index contributed by atoms with van der Waals surface area (Å²) >= 11 is 0. The van der Waals surface area contributed by atoms with E-state index in [2.05, 4.69) is 25.1 Å². The summed E-state index contributed by atoms with van der Waals surface area (Å²) in [7, 11) is 0. The number of nitrogens with zero attached hydrogens (tertiary/aromatic N) is 3. The zero-order chi connectivity index (χ0) is 5.40. The molecule has 5 heteroatoms. The lowest BCUT2D eigenvalue weighted by Crippen LogP contribution is -1.68. The smallest absolute Gasteiger partial charge is 0.214 e. The van der Waals surface area contributed by atoms with Crippen LogP contribution in [-0.2, 0) is 0 Å². The molecule has 2 aliphatic rings. The second kappa shape index (κ2) is 1.06. The number of aromatic amines is 1. The van der Waals surface area contributed by atoms with Crippen molar-refractivity contribution in [2.24, 2.45) is 0 Å². The van der Waals surface area contributed by atoms with Crippen molar-refractivity contribution in [2.75, 3.05) is 0 Å². The fourth-order valence-corrected chi connectivity index (χ4v) is 0.507. The van der Waals surface area contributed by atoms with E-state index in [1.807, 2.05) is 0 Å². The molecule has 5 nitrogen and oxygen atoms in total. The van der Waals surface area contributed by atoms with Crippen LogP contribution in [0.4, 0.5) is 0 Å². The summed E-state index contributed by atoms with van der Waals surface area (Å²) < 4.78 is 4.61. The molecule has 2 aliphatic heterocycles. The van der Waals surface area contributed by atoms with Crippen molar-refractivity contribution >= 4 is 0 Å².